The summed E-state index contributed by atoms with van der Waals surface area (Å²) in [6, 6.07) is 0. The molecule has 1 N–H and O–H groups in total. The smallest absolute Gasteiger partial charge is 0.185 e. The summed E-state index contributed by atoms with van der Waals surface area (Å²) in [6.07, 6.45) is 0.713. The number of aliphatic hydroxyl groups excluding tert-OH is 1. The summed E-state index contributed by atoms with van der Waals surface area (Å²) in [6.45, 7) is 1.71. The Morgan fingerprint density at radius 2 is 2.38 bits per heavy atom. The molecule has 0 saturated carbocycles. The highest BCUT2D eigenvalue weighted by molar-refractivity contribution is 8.13. The van der Waals surface area contributed by atoms with Crippen LogP contribution < -0.4 is 0 Å². The number of hydrogen-bond donors (Lipinski definition) is 1. The molecular formula is C5H10O2S. The Labute approximate surface area is 53.3 Å². The molecule has 0 aromatic rings. The van der Waals surface area contributed by atoms with Crippen LogP contribution in [-0.4, -0.2) is 22.6 Å². The van der Waals surface area contributed by atoms with Crippen molar-refractivity contribution in [2.24, 2.45) is 0 Å². The van der Waals surface area contributed by atoms with E-state index in [-0.39, 0.29) is 11.7 Å². The van der Waals surface area contributed by atoms with E-state index in [0.717, 1.165) is 5.75 Å². The van der Waals surface area contributed by atoms with Crippen molar-refractivity contribution in [2.75, 3.05) is 12.4 Å². The lowest BCUT2D eigenvalue weighted by molar-refractivity contribution is -0.109. The van der Waals surface area contributed by atoms with Crippen molar-refractivity contribution in [1.29, 1.82) is 0 Å². The van der Waals surface area contributed by atoms with Crippen molar-refractivity contribution in [1.82, 2.24) is 0 Å². The van der Waals surface area contributed by atoms with Crippen molar-refractivity contribution in [3.63, 3.8) is 0 Å². The Morgan fingerprint density at radius 1 is 1.75 bits per heavy atom. The number of aliphatic hydroxyl groups is 1. The van der Waals surface area contributed by atoms with Gasteiger partial charge in [0.1, 0.15) is 0 Å². The third-order valence-corrected chi connectivity index (χ3v) is 1.51. The summed E-state index contributed by atoms with van der Waals surface area (Å²) < 4.78 is 0. The normalized spacial score (nSPS) is 9.25. The molecule has 0 amide bonds. The fourth-order valence-electron chi connectivity index (χ4n) is 0.280. The highest BCUT2D eigenvalue weighted by Gasteiger charge is 1.90. The first-order valence-electron chi connectivity index (χ1n) is 2.51. The largest absolute Gasteiger partial charge is 0.396 e. The fraction of sp³-hybridized carbons (Fsp3) is 0.800. The zero-order chi connectivity index (χ0) is 6.41. The molecule has 0 heterocycles. The van der Waals surface area contributed by atoms with Crippen LogP contribution in [-0.2, 0) is 4.79 Å². The van der Waals surface area contributed by atoms with Crippen LogP contribution in [0.1, 0.15) is 13.3 Å². The number of rotatable bonds is 3. The van der Waals surface area contributed by atoms with Crippen LogP contribution in [0.15, 0.2) is 0 Å². The molecule has 8 heavy (non-hydrogen) atoms. The van der Waals surface area contributed by atoms with Gasteiger partial charge in [0.25, 0.3) is 0 Å². The Morgan fingerprint density at radius 3 is 2.75 bits per heavy atom. The maximum absolute atomic E-state index is 10.2. The molecule has 0 bridgehead atoms. The molecule has 0 saturated heterocycles. The van der Waals surface area contributed by atoms with Crippen LogP contribution in [0, 0.1) is 0 Å². The van der Waals surface area contributed by atoms with Gasteiger partial charge in [0.15, 0.2) is 5.12 Å². The van der Waals surface area contributed by atoms with Crippen molar-refractivity contribution in [3.05, 3.63) is 0 Å². The number of carbonyl (C=O) groups is 1. The molecular weight excluding hydrogens is 124 g/mol. The minimum atomic E-state index is 0.124. The van der Waals surface area contributed by atoms with E-state index >= 15 is 0 Å². The predicted molar refractivity (Wildman–Crippen MR) is 34.8 cm³/mol. The monoisotopic (exact) mass is 134 g/mol. The minimum Gasteiger partial charge on any atom is -0.396 e. The molecule has 3 heteroatoms. The minimum absolute atomic E-state index is 0.124. The number of carbonyl (C=O) groups excluding carboxylic acids is 1. The zero-order valence-electron chi connectivity index (χ0n) is 4.89. The molecule has 0 aliphatic rings. The van der Waals surface area contributed by atoms with Gasteiger partial charge in [-0.3, -0.25) is 4.79 Å². The quantitative estimate of drug-likeness (QED) is 0.576. The van der Waals surface area contributed by atoms with Gasteiger partial charge in [-0.05, 0) is 6.42 Å². The third-order valence-electron chi connectivity index (χ3n) is 0.608. The second-order valence-electron chi connectivity index (χ2n) is 1.42. The maximum Gasteiger partial charge on any atom is 0.185 e. The first-order chi connectivity index (χ1) is 3.77. The van der Waals surface area contributed by atoms with E-state index in [1.54, 1.807) is 0 Å². The summed E-state index contributed by atoms with van der Waals surface area (Å²) in [5.74, 6) is 0.742. The standard InChI is InChI=1S/C5H10O2S/c1-5(7)8-4-2-3-6/h6H,2-4H2,1H3. The lowest BCUT2D eigenvalue weighted by Crippen LogP contribution is -1.88. The summed E-state index contributed by atoms with van der Waals surface area (Å²) in [4.78, 5) is 10.2. The van der Waals surface area contributed by atoms with Crippen molar-refractivity contribution >= 4 is 16.9 Å². The van der Waals surface area contributed by atoms with Gasteiger partial charge < -0.3 is 5.11 Å². The summed E-state index contributed by atoms with van der Waals surface area (Å²) in [5, 5.41) is 8.38. The van der Waals surface area contributed by atoms with Crippen LogP contribution >= 0.6 is 11.8 Å². The third kappa shape index (κ3) is 5.98. The number of hydrogen-bond acceptors (Lipinski definition) is 3. The summed E-state index contributed by atoms with van der Waals surface area (Å²) >= 11 is 1.26. The molecule has 0 spiro atoms. The average molecular weight is 134 g/mol. The predicted octanol–water partition coefficient (Wildman–Crippen LogP) is 0.649. The van der Waals surface area contributed by atoms with Crippen LogP contribution in [0.5, 0.6) is 0 Å². The molecule has 0 aliphatic heterocycles. The lowest BCUT2D eigenvalue weighted by atomic mass is 10.5. The zero-order valence-corrected chi connectivity index (χ0v) is 5.70. The van der Waals surface area contributed by atoms with E-state index in [1.165, 1.54) is 18.7 Å². The van der Waals surface area contributed by atoms with Crippen LogP contribution in [0.3, 0.4) is 0 Å². The topological polar surface area (TPSA) is 37.3 Å². The molecule has 0 aliphatic carbocycles. The fourth-order valence-corrected chi connectivity index (χ4v) is 0.841. The van der Waals surface area contributed by atoms with Crippen molar-refractivity contribution in [3.8, 4) is 0 Å². The van der Waals surface area contributed by atoms with Gasteiger partial charge in [-0.2, -0.15) is 0 Å². The van der Waals surface area contributed by atoms with Gasteiger partial charge in [0.2, 0.25) is 0 Å². The van der Waals surface area contributed by atoms with Gasteiger partial charge >= 0.3 is 0 Å². The van der Waals surface area contributed by atoms with Crippen molar-refractivity contribution < 1.29 is 9.90 Å². The van der Waals surface area contributed by atoms with E-state index < -0.39 is 0 Å². The lowest BCUT2D eigenvalue weighted by Gasteiger charge is -1.90. The number of thioether (sulfide) groups is 1. The van der Waals surface area contributed by atoms with Crippen LogP contribution in [0.4, 0.5) is 0 Å². The Kier molecular flexibility index (Phi) is 5.11. The second kappa shape index (κ2) is 5.12. The first kappa shape index (κ1) is 7.98. The summed E-state index contributed by atoms with van der Waals surface area (Å²) in [5.41, 5.74) is 0. The second-order valence-corrected chi connectivity index (χ2v) is 2.69. The molecule has 0 fully saturated rings. The van der Waals surface area contributed by atoms with Gasteiger partial charge in [-0.1, -0.05) is 11.8 Å². The van der Waals surface area contributed by atoms with Gasteiger partial charge in [-0.15, -0.1) is 0 Å². The van der Waals surface area contributed by atoms with Gasteiger partial charge in [-0.25, -0.2) is 0 Å². The first-order valence-corrected chi connectivity index (χ1v) is 3.50. The molecule has 0 rings (SSSR count). The molecule has 48 valence electrons. The Hall–Kier alpha value is -0.0200. The summed E-state index contributed by atoms with van der Waals surface area (Å²) in [7, 11) is 0. The van der Waals surface area contributed by atoms with E-state index in [4.69, 9.17) is 5.11 Å². The van der Waals surface area contributed by atoms with E-state index in [9.17, 15) is 4.79 Å². The average Bonchev–Trinajstić information content (AvgIpc) is 1.66. The molecule has 0 aromatic carbocycles. The highest BCUT2D eigenvalue weighted by Crippen LogP contribution is 2.01. The maximum atomic E-state index is 10.2. The van der Waals surface area contributed by atoms with Gasteiger partial charge in [0, 0.05) is 19.3 Å². The molecule has 0 aromatic heterocycles. The van der Waals surface area contributed by atoms with E-state index in [2.05, 4.69) is 0 Å². The molecule has 0 unspecified atom stereocenters. The Balaban J connectivity index is 2.82. The van der Waals surface area contributed by atoms with Crippen LogP contribution in [0.2, 0.25) is 0 Å². The molecule has 0 radical (unpaired) electrons. The molecule has 0 atom stereocenters. The SMILES string of the molecule is CC(=O)SCCCO. The molecule has 2 nitrogen and oxygen atoms in total. The van der Waals surface area contributed by atoms with E-state index in [1.807, 2.05) is 0 Å². The van der Waals surface area contributed by atoms with E-state index in [0.29, 0.717) is 6.42 Å². The highest BCUT2D eigenvalue weighted by atomic mass is 32.2. The Bertz CT molecular complexity index is 72.8. The van der Waals surface area contributed by atoms with Crippen LogP contribution in [0.25, 0.3) is 0 Å². The van der Waals surface area contributed by atoms with Gasteiger partial charge in [0.05, 0.1) is 0 Å². The van der Waals surface area contributed by atoms with Crippen molar-refractivity contribution in [2.45, 2.75) is 13.3 Å².